The molecule has 1 heterocycles. The molecule has 2 aromatic carbocycles. The van der Waals surface area contributed by atoms with E-state index in [9.17, 15) is 15.0 Å². The van der Waals surface area contributed by atoms with Crippen LogP contribution in [0.3, 0.4) is 0 Å². The highest BCUT2D eigenvalue weighted by atomic mass is 32.2. The monoisotopic (exact) mass is 425 g/mol. The Balaban J connectivity index is 2.05. The van der Waals surface area contributed by atoms with E-state index in [0.717, 1.165) is 5.56 Å². The molecule has 0 unspecified atom stereocenters. The van der Waals surface area contributed by atoms with Gasteiger partial charge in [-0.25, -0.2) is 9.79 Å². The van der Waals surface area contributed by atoms with Crippen molar-refractivity contribution < 1.29 is 24.5 Å². The molecular weight excluding hydrogens is 402 g/mol. The maximum absolute atomic E-state index is 12.5. The van der Waals surface area contributed by atoms with Crippen LogP contribution in [0.2, 0.25) is 0 Å². The van der Waals surface area contributed by atoms with Gasteiger partial charge < -0.3 is 19.7 Å². The molecule has 156 valence electrons. The second-order valence-corrected chi connectivity index (χ2v) is 7.45. The number of thioether (sulfide) groups is 1. The lowest BCUT2D eigenvalue weighted by Gasteiger charge is -2.07. The lowest BCUT2D eigenvalue weighted by Crippen LogP contribution is -2.12. The fourth-order valence-electron chi connectivity index (χ4n) is 2.83. The van der Waals surface area contributed by atoms with E-state index in [2.05, 4.69) is 4.99 Å². The molecule has 1 aliphatic heterocycles. The van der Waals surface area contributed by atoms with E-state index >= 15 is 0 Å². The number of rotatable bonds is 6. The molecule has 0 bridgehead atoms. The van der Waals surface area contributed by atoms with Crippen LogP contribution in [0.5, 0.6) is 11.5 Å². The van der Waals surface area contributed by atoms with Crippen molar-refractivity contribution in [2.75, 3.05) is 13.2 Å². The number of aliphatic hydroxyl groups is 1. The summed E-state index contributed by atoms with van der Waals surface area (Å²) < 4.78 is 10.5. The number of carbonyl (C=O) groups excluding carboxylic acids is 1. The molecule has 6 nitrogen and oxygen atoms in total. The van der Waals surface area contributed by atoms with Crippen molar-refractivity contribution >= 4 is 34.5 Å². The van der Waals surface area contributed by atoms with Crippen LogP contribution in [0.4, 0.5) is 5.69 Å². The van der Waals surface area contributed by atoms with Crippen LogP contribution in [-0.2, 0) is 9.53 Å². The van der Waals surface area contributed by atoms with Crippen LogP contribution in [0, 0.1) is 6.92 Å². The Hall–Kier alpha value is -3.19. The summed E-state index contributed by atoms with van der Waals surface area (Å²) >= 11 is 1.19. The van der Waals surface area contributed by atoms with Crippen molar-refractivity contribution in [1.29, 1.82) is 0 Å². The summed E-state index contributed by atoms with van der Waals surface area (Å²) in [5.41, 5.74) is 2.40. The van der Waals surface area contributed by atoms with Crippen molar-refractivity contribution in [1.82, 2.24) is 0 Å². The number of esters is 1. The zero-order chi connectivity index (χ0) is 21.7. The predicted octanol–water partition coefficient (Wildman–Crippen LogP) is 5.29. The minimum atomic E-state index is -0.626. The highest BCUT2D eigenvalue weighted by molar-refractivity contribution is 8.18. The molecule has 0 saturated carbocycles. The lowest BCUT2D eigenvalue weighted by atomic mass is 10.1. The van der Waals surface area contributed by atoms with E-state index < -0.39 is 5.97 Å². The molecule has 0 spiro atoms. The second kappa shape index (κ2) is 9.54. The largest absolute Gasteiger partial charge is 0.506 e. The quantitative estimate of drug-likeness (QED) is 0.611. The Morgan fingerprint density at radius 3 is 2.60 bits per heavy atom. The number of aromatic hydroxyl groups is 1. The zero-order valence-electron chi connectivity index (χ0n) is 17.0. The number of benzene rings is 2. The molecule has 0 saturated heterocycles. The number of para-hydroxylation sites is 1. The fourth-order valence-corrected chi connectivity index (χ4v) is 3.86. The van der Waals surface area contributed by atoms with Gasteiger partial charge >= 0.3 is 5.97 Å². The van der Waals surface area contributed by atoms with Crippen molar-refractivity contribution in [2.24, 2.45) is 4.99 Å². The first kappa shape index (κ1) is 21.5. The van der Waals surface area contributed by atoms with Gasteiger partial charge in [0.25, 0.3) is 0 Å². The number of hydrogen-bond donors (Lipinski definition) is 2. The van der Waals surface area contributed by atoms with Gasteiger partial charge in [0.2, 0.25) is 0 Å². The van der Waals surface area contributed by atoms with Gasteiger partial charge in [-0.15, -0.1) is 0 Å². The maximum atomic E-state index is 12.5. The van der Waals surface area contributed by atoms with Gasteiger partial charge in [0.05, 0.1) is 23.8 Å². The van der Waals surface area contributed by atoms with Gasteiger partial charge in [-0.05, 0) is 56.2 Å². The van der Waals surface area contributed by atoms with E-state index in [-0.39, 0.29) is 23.7 Å². The Morgan fingerprint density at radius 1 is 1.13 bits per heavy atom. The summed E-state index contributed by atoms with van der Waals surface area (Å²) in [7, 11) is 0. The van der Waals surface area contributed by atoms with Crippen molar-refractivity contribution in [3.05, 3.63) is 69.8 Å². The lowest BCUT2D eigenvalue weighted by molar-refractivity contribution is -0.138. The molecule has 2 N–H and O–H groups in total. The van der Waals surface area contributed by atoms with Gasteiger partial charge in [0, 0.05) is 0 Å². The fraction of sp³-hybridized carbons (Fsp3) is 0.217. The summed E-state index contributed by atoms with van der Waals surface area (Å²) in [6, 6.07) is 12.4. The number of ether oxygens (including phenoxy) is 2. The first-order valence-corrected chi connectivity index (χ1v) is 10.4. The molecule has 0 aliphatic carbocycles. The standard InChI is InChI=1S/C23H23NO5S/c1-4-28-18-12-15(10-11-17(18)25)13-19-21(26)20(23(27)29-5-2)22(30-19)24-16-9-7-6-8-14(16)3/h6-13,25-26H,4-5H2,1-3H3. The number of carbonyl (C=O) groups is 1. The van der Waals surface area contributed by atoms with Crippen LogP contribution in [0.25, 0.3) is 6.08 Å². The van der Waals surface area contributed by atoms with Gasteiger partial charge in [0.1, 0.15) is 16.4 Å². The van der Waals surface area contributed by atoms with Gasteiger partial charge in [0.15, 0.2) is 11.5 Å². The Kier molecular flexibility index (Phi) is 6.84. The Morgan fingerprint density at radius 2 is 1.90 bits per heavy atom. The van der Waals surface area contributed by atoms with Crippen LogP contribution in [0.15, 0.2) is 63.7 Å². The van der Waals surface area contributed by atoms with Crippen LogP contribution in [-0.4, -0.2) is 34.4 Å². The summed E-state index contributed by atoms with van der Waals surface area (Å²) in [5.74, 6) is -0.430. The van der Waals surface area contributed by atoms with Crippen molar-refractivity contribution in [3.63, 3.8) is 0 Å². The number of phenols is 1. The summed E-state index contributed by atoms with van der Waals surface area (Å²) in [4.78, 5) is 17.6. The van der Waals surface area contributed by atoms with E-state index in [4.69, 9.17) is 9.47 Å². The van der Waals surface area contributed by atoms with Gasteiger partial charge in [-0.2, -0.15) is 0 Å². The number of aryl methyl sites for hydroxylation is 1. The number of phenolic OH excluding ortho intramolecular Hbond substituents is 1. The van der Waals surface area contributed by atoms with E-state index in [0.29, 0.717) is 33.6 Å². The third-order valence-electron chi connectivity index (χ3n) is 4.29. The molecule has 7 heteroatoms. The first-order chi connectivity index (χ1) is 14.4. The van der Waals surface area contributed by atoms with E-state index in [1.807, 2.05) is 38.1 Å². The highest BCUT2D eigenvalue weighted by Gasteiger charge is 2.33. The number of aliphatic hydroxyl groups excluding tert-OH is 1. The van der Waals surface area contributed by atoms with E-state index in [1.165, 1.54) is 17.8 Å². The summed E-state index contributed by atoms with van der Waals surface area (Å²) in [6.45, 7) is 6.06. The number of aliphatic imine (C=N–C) groups is 1. The first-order valence-electron chi connectivity index (χ1n) is 9.55. The Bertz CT molecular complexity index is 1060. The Labute approximate surface area is 179 Å². The number of nitrogens with zero attached hydrogens (tertiary/aromatic N) is 1. The third kappa shape index (κ3) is 4.68. The maximum Gasteiger partial charge on any atom is 0.344 e. The molecule has 3 rings (SSSR count). The van der Waals surface area contributed by atoms with Crippen LogP contribution in [0.1, 0.15) is 25.0 Å². The molecule has 0 aromatic heterocycles. The molecule has 30 heavy (non-hydrogen) atoms. The van der Waals surface area contributed by atoms with Gasteiger partial charge in [-0.3, -0.25) is 0 Å². The SMILES string of the molecule is CCOC(=O)C1=C(O)C(=Cc2ccc(O)c(OCC)c2)SC1=Nc1ccccc1C. The van der Waals surface area contributed by atoms with Crippen LogP contribution >= 0.6 is 11.8 Å². The highest BCUT2D eigenvalue weighted by Crippen LogP contribution is 2.41. The molecule has 2 aromatic rings. The van der Waals surface area contributed by atoms with E-state index in [1.54, 1.807) is 25.1 Å². The molecule has 0 radical (unpaired) electrons. The van der Waals surface area contributed by atoms with Crippen molar-refractivity contribution in [2.45, 2.75) is 20.8 Å². The smallest absolute Gasteiger partial charge is 0.344 e. The second-order valence-electron chi connectivity index (χ2n) is 6.42. The third-order valence-corrected chi connectivity index (χ3v) is 5.31. The minimum absolute atomic E-state index is 0.0341. The predicted molar refractivity (Wildman–Crippen MR) is 119 cm³/mol. The topological polar surface area (TPSA) is 88.4 Å². The van der Waals surface area contributed by atoms with Gasteiger partial charge in [-0.1, -0.05) is 36.0 Å². The summed E-state index contributed by atoms with van der Waals surface area (Å²) in [6.07, 6.45) is 1.71. The molecule has 0 fully saturated rings. The minimum Gasteiger partial charge on any atom is -0.506 e. The summed E-state index contributed by atoms with van der Waals surface area (Å²) in [5, 5.41) is 21.0. The van der Waals surface area contributed by atoms with Crippen molar-refractivity contribution in [3.8, 4) is 11.5 Å². The average Bonchev–Trinajstić information content (AvgIpc) is 3.01. The molecule has 1 aliphatic rings. The molecule has 0 amide bonds. The molecular formula is C23H23NO5S. The number of hydrogen-bond acceptors (Lipinski definition) is 7. The molecule has 0 atom stereocenters. The average molecular weight is 426 g/mol. The normalized spacial score (nSPS) is 16.4. The zero-order valence-corrected chi connectivity index (χ0v) is 17.8. The van der Waals surface area contributed by atoms with Crippen LogP contribution < -0.4 is 4.74 Å².